The minimum Gasteiger partial charge on any atom is -0.332 e. The third kappa shape index (κ3) is 5.87. The molecule has 6 nitrogen and oxygen atoms in total. The van der Waals surface area contributed by atoms with Crippen molar-refractivity contribution in [3.05, 3.63) is 58.6 Å². The van der Waals surface area contributed by atoms with Gasteiger partial charge in [-0.3, -0.25) is 10.1 Å². The Kier molecular flexibility index (Phi) is 6.87. The third-order valence-corrected chi connectivity index (χ3v) is 5.50. The fourth-order valence-electron chi connectivity index (χ4n) is 2.06. The van der Waals surface area contributed by atoms with Crippen molar-refractivity contribution < 1.29 is 13.2 Å². The average Bonchev–Trinajstić information content (AvgIpc) is 2.54. The van der Waals surface area contributed by atoms with Gasteiger partial charge in [0.2, 0.25) is 10.0 Å². The molecule has 0 fully saturated rings. The molecule has 3 N–H and O–H groups in total. The lowest BCUT2D eigenvalue weighted by molar-refractivity contribution is 0.0977. The van der Waals surface area contributed by atoms with Crippen LogP contribution in [0.5, 0.6) is 0 Å². The summed E-state index contributed by atoms with van der Waals surface area (Å²) in [4.78, 5) is 12.3. The highest BCUT2D eigenvalue weighted by Crippen LogP contribution is 2.15. The van der Waals surface area contributed by atoms with E-state index in [-0.39, 0.29) is 22.0 Å². The van der Waals surface area contributed by atoms with E-state index in [1.807, 2.05) is 6.07 Å². The molecule has 26 heavy (non-hydrogen) atoms. The highest BCUT2D eigenvalue weighted by Gasteiger charge is 2.15. The molecule has 0 aliphatic rings. The first kappa shape index (κ1) is 20.5. The van der Waals surface area contributed by atoms with Gasteiger partial charge in [-0.1, -0.05) is 22.0 Å². The second-order valence-corrected chi connectivity index (χ2v) is 8.76. The van der Waals surface area contributed by atoms with Crippen LogP contribution in [0.25, 0.3) is 0 Å². The van der Waals surface area contributed by atoms with E-state index in [1.54, 1.807) is 44.2 Å². The van der Waals surface area contributed by atoms with E-state index < -0.39 is 10.0 Å². The van der Waals surface area contributed by atoms with Crippen molar-refractivity contribution in [3.8, 4) is 0 Å². The van der Waals surface area contributed by atoms with E-state index in [0.29, 0.717) is 11.3 Å². The van der Waals surface area contributed by atoms with Crippen LogP contribution in [-0.2, 0) is 10.0 Å². The lowest BCUT2D eigenvalue weighted by Crippen LogP contribution is -2.34. The number of thiocarbonyl (C=S) groups is 1. The highest BCUT2D eigenvalue weighted by molar-refractivity contribution is 9.10. The SMILES string of the molecule is CC(C)NS(=O)(=O)c1ccc(NC(=S)NC(=O)c2cccc(Br)c2)cc1. The summed E-state index contributed by atoms with van der Waals surface area (Å²) in [6.45, 7) is 3.50. The first-order valence-electron chi connectivity index (χ1n) is 7.67. The van der Waals surface area contributed by atoms with Gasteiger partial charge in [0.15, 0.2) is 5.11 Å². The summed E-state index contributed by atoms with van der Waals surface area (Å²) in [5.41, 5.74) is 1.03. The molecule has 0 bridgehead atoms. The van der Waals surface area contributed by atoms with Gasteiger partial charge < -0.3 is 5.32 Å². The minimum atomic E-state index is -3.55. The van der Waals surface area contributed by atoms with Crippen LogP contribution in [0.15, 0.2) is 57.9 Å². The van der Waals surface area contributed by atoms with Gasteiger partial charge in [-0.25, -0.2) is 13.1 Å². The van der Waals surface area contributed by atoms with E-state index in [1.165, 1.54) is 12.1 Å². The predicted octanol–water partition coefficient (Wildman–Crippen LogP) is 3.26. The van der Waals surface area contributed by atoms with Crippen molar-refractivity contribution in [3.63, 3.8) is 0 Å². The van der Waals surface area contributed by atoms with Gasteiger partial charge in [0.1, 0.15) is 0 Å². The Morgan fingerprint density at radius 3 is 2.35 bits per heavy atom. The molecular weight excluding hydrogens is 438 g/mol. The summed E-state index contributed by atoms with van der Waals surface area (Å²) < 4.78 is 27.5. The summed E-state index contributed by atoms with van der Waals surface area (Å²) in [5, 5.41) is 5.54. The summed E-state index contributed by atoms with van der Waals surface area (Å²) in [6, 6.07) is 12.8. The Balaban J connectivity index is 2.00. The summed E-state index contributed by atoms with van der Waals surface area (Å²) in [6.07, 6.45) is 0. The number of halogens is 1. The zero-order chi connectivity index (χ0) is 19.3. The van der Waals surface area contributed by atoms with Crippen LogP contribution in [0.2, 0.25) is 0 Å². The van der Waals surface area contributed by atoms with Crippen LogP contribution in [-0.4, -0.2) is 25.5 Å². The molecule has 0 saturated heterocycles. The number of hydrogen-bond donors (Lipinski definition) is 3. The van der Waals surface area contributed by atoms with Crippen LogP contribution in [0, 0.1) is 0 Å². The predicted molar refractivity (Wildman–Crippen MR) is 110 cm³/mol. The monoisotopic (exact) mass is 455 g/mol. The average molecular weight is 456 g/mol. The number of carbonyl (C=O) groups is 1. The molecule has 0 aliphatic heterocycles. The smallest absolute Gasteiger partial charge is 0.257 e. The van der Waals surface area contributed by atoms with Gasteiger partial charge >= 0.3 is 0 Å². The van der Waals surface area contributed by atoms with Gasteiger partial charge in [-0.05, 0) is 68.5 Å². The van der Waals surface area contributed by atoms with Crippen molar-refractivity contribution >= 4 is 54.9 Å². The molecule has 138 valence electrons. The molecular formula is C17H18BrN3O3S2. The Morgan fingerprint density at radius 2 is 1.77 bits per heavy atom. The van der Waals surface area contributed by atoms with E-state index in [2.05, 4.69) is 31.3 Å². The summed E-state index contributed by atoms with van der Waals surface area (Å²) in [5.74, 6) is -0.343. The van der Waals surface area contributed by atoms with E-state index in [9.17, 15) is 13.2 Å². The van der Waals surface area contributed by atoms with Gasteiger partial charge in [-0.15, -0.1) is 0 Å². The van der Waals surface area contributed by atoms with Crippen molar-refractivity contribution in [2.24, 2.45) is 0 Å². The Hall–Kier alpha value is -1.81. The molecule has 2 aromatic rings. The molecule has 0 radical (unpaired) electrons. The molecule has 9 heteroatoms. The summed E-state index contributed by atoms with van der Waals surface area (Å²) in [7, 11) is -3.55. The Bertz CT molecular complexity index is 913. The fourth-order valence-corrected chi connectivity index (χ4v) is 3.92. The maximum absolute atomic E-state index is 12.1. The molecule has 0 atom stereocenters. The maximum Gasteiger partial charge on any atom is 0.257 e. The normalized spacial score (nSPS) is 11.2. The molecule has 0 saturated carbocycles. The molecule has 0 heterocycles. The van der Waals surface area contributed by atoms with Gasteiger partial charge in [-0.2, -0.15) is 0 Å². The van der Waals surface area contributed by atoms with Gasteiger partial charge in [0.05, 0.1) is 4.90 Å². The number of anilines is 1. The fraction of sp³-hybridized carbons (Fsp3) is 0.176. The second-order valence-electron chi connectivity index (χ2n) is 5.72. The van der Waals surface area contributed by atoms with Crippen molar-refractivity contribution in [1.82, 2.24) is 10.0 Å². The van der Waals surface area contributed by atoms with E-state index >= 15 is 0 Å². The first-order valence-corrected chi connectivity index (χ1v) is 10.4. The molecule has 2 rings (SSSR count). The number of nitrogens with one attached hydrogen (secondary N) is 3. The molecule has 0 spiro atoms. The van der Waals surface area contributed by atoms with Crippen LogP contribution >= 0.6 is 28.1 Å². The van der Waals surface area contributed by atoms with Gasteiger partial charge in [0.25, 0.3) is 5.91 Å². The zero-order valence-corrected chi connectivity index (χ0v) is 17.3. The van der Waals surface area contributed by atoms with Crippen LogP contribution < -0.4 is 15.4 Å². The molecule has 2 aromatic carbocycles. The Labute approximate surface area is 166 Å². The largest absolute Gasteiger partial charge is 0.332 e. The van der Waals surface area contributed by atoms with Crippen LogP contribution in [0.3, 0.4) is 0 Å². The number of hydrogen-bond acceptors (Lipinski definition) is 4. The van der Waals surface area contributed by atoms with Crippen molar-refractivity contribution in [2.45, 2.75) is 24.8 Å². The molecule has 1 amide bonds. The summed E-state index contributed by atoms with van der Waals surface area (Å²) >= 11 is 8.43. The lowest BCUT2D eigenvalue weighted by atomic mass is 10.2. The van der Waals surface area contributed by atoms with E-state index in [0.717, 1.165) is 4.47 Å². The topological polar surface area (TPSA) is 87.3 Å². The van der Waals surface area contributed by atoms with Crippen LogP contribution in [0.4, 0.5) is 5.69 Å². The zero-order valence-electron chi connectivity index (χ0n) is 14.1. The number of benzene rings is 2. The quantitative estimate of drug-likeness (QED) is 0.602. The third-order valence-electron chi connectivity index (χ3n) is 3.13. The molecule has 0 aliphatic carbocycles. The van der Waals surface area contributed by atoms with E-state index in [4.69, 9.17) is 12.2 Å². The molecule has 0 unspecified atom stereocenters. The standard InChI is InChI=1S/C17H18BrN3O3S2/c1-11(2)21-26(23,24)15-8-6-14(7-9-15)19-17(25)20-16(22)12-4-3-5-13(18)10-12/h3-11,21H,1-2H3,(H2,19,20,22,25). The van der Waals surface area contributed by atoms with Crippen molar-refractivity contribution in [2.75, 3.05) is 5.32 Å². The first-order chi connectivity index (χ1) is 12.2. The number of sulfonamides is 1. The second kappa shape index (κ2) is 8.72. The number of carbonyl (C=O) groups excluding carboxylic acids is 1. The highest BCUT2D eigenvalue weighted by atomic mass is 79.9. The minimum absolute atomic E-state index is 0.117. The lowest BCUT2D eigenvalue weighted by Gasteiger charge is -2.12. The Morgan fingerprint density at radius 1 is 1.12 bits per heavy atom. The van der Waals surface area contributed by atoms with Crippen LogP contribution in [0.1, 0.15) is 24.2 Å². The van der Waals surface area contributed by atoms with Crippen molar-refractivity contribution in [1.29, 1.82) is 0 Å². The maximum atomic E-state index is 12.1. The van der Waals surface area contributed by atoms with Gasteiger partial charge in [0, 0.05) is 21.8 Å². The number of rotatable bonds is 5. The number of amides is 1. The molecule has 0 aromatic heterocycles.